The van der Waals surface area contributed by atoms with Crippen LogP contribution in [0.3, 0.4) is 0 Å². The van der Waals surface area contributed by atoms with Crippen molar-refractivity contribution in [1.82, 2.24) is 0 Å². The molecule has 0 saturated carbocycles. The minimum Gasteiger partial charge on any atom is -0.311 e. The molecule has 0 amide bonds. The van der Waals surface area contributed by atoms with Crippen molar-refractivity contribution in [2.75, 3.05) is 14.7 Å². The van der Waals surface area contributed by atoms with E-state index in [9.17, 15) is 0 Å². The van der Waals surface area contributed by atoms with Gasteiger partial charge in [0.05, 0.1) is 17.1 Å². The van der Waals surface area contributed by atoms with E-state index in [1.54, 1.807) is 4.88 Å². The molecule has 0 N–H and O–H groups in total. The Morgan fingerprint density at radius 2 is 0.769 bits per heavy atom. The molecule has 0 bridgehead atoms. The van der Waals surface area contributed by atoms with Gasteiger partial charge in [-0.1, -0.05) is 202 Å². The summed E-state index contributed by atoms with van der Waals surface area (Å²) in [4.78, 5) is 9.85. The number of benzene rings is 8. The highest BCUT2D eigenvalue weighted by Crippen LogP contribution is 2.60. The average Bonchev–Trinajstić information content (AvgIpc) is 1.65. The van der Waals surface area contributed by atoms with Crippen LogP contribution >= 0.6 is 11.3 Å². The second-order valence-electron chi connectivity index (χ2n) is 34.1. The minimum absolute atomic E-state index is 0.00135. The smallest absolute Gasteiger partial charge is 0.264 e. The third-order valence-electron chi connectivity index (χ3n) is 24.0. The monoisotopic (exact) mass is 1210 g/mol. The van der Waals surface area contributed by atoms with Gasteiger partial charge in [-0.25, -0.2) is 0 Å². The highest BCUT2D eigenvalue weighted by atomic mass is 32.1. The van der Waals surface area contributed by atoms with Gasteiger partial charge in [-0.2, -0.15) is 11.3 Å². The third-order valence-corrected chi connectivity index (χ3v) is 25.6. The van der Waals surface area contributed by atoms with Crippen LogP contribution in [0.25, 0.3) is 22.3 Å². The van der Waals surface area contributed by atoms with Crippen LogP contribution in [0.4, 0.5) is 51.2 Å². The highest BCUT2D eigenvalue weighted by molar-refractivity contribution is 7.29. The second-order valence-corrected chi connectivity index (χ2v) is 35.1. The van der Waals surface area contributed by atoms with E-state index < -0.39 is 0 Å². The van der Waals surface area contributed by atoms with Crippen LogP contribution in [0.2, 0.25) is 0 Å². The van der Waals surface area contributed by atoms with Gasteiger partial charge in [0.15, 0.2) is 0 Å². The molecule has 5 heteroatoms. The zero-order valence-electron chi connectivity index (χ0n) is 58.0. The Morgan fingerprint density at radius 1 is 0.352 bits per heavy atom. The fraction of sp³-hybridized carbons (Fsp3) is 0.395. The third kappa shape index (κ3) is 9.36. The van der Waals surface area contributed by atoms with Gasteiger partial charge < -0.3 is 14.7 Å². The van der Waals surface area contributed by atoms with Crippen LogP contribution in [0, 0.1) is 13.8 Å². The zero-order valence-corrected chi connectivity index (χ0v) is 58.8. The maximum Gasteiger partial charge on any atom is 0.264 e. The molecule has 464 valence electrons. The summed E-state index contributed by atoms with van der Waals surface area (Å²) >= 11 is 2.15. The highest BCUT2D eigenvalue weighted by Gasteiger charge is 2.53. The van der Waals surface area contributed by atoms with Crippen molar-refractivity contribution in [3.63, 3.8) is 0 Å². The SMILES string of the molecule is Cc1cc(-c2ccccc2)cc(C)c1N1c2cc3c(cc2B2c4sc5c(c4N(c4ccc(-c6ccccc6)cc4)c4cc(N(c6ccc7c(c6)C(C)(C)CCC7(C)C)c6ccc7c(c6)C(C)(C)CCC7(C)C)cc1c42)C(C)(C)CCC5(C)C)C(C)(C)CCC3(C)C. The van der Waals surface area contributed by atoms with Crippen molar-refractivity contribution in [2.45, 2.75) is 219 Å². The van der Waals surface area contributed by atoms with E-state index >= 15 is 0 Å². The lowest BCUT2D eigenvalue weighted by Gasteiger charge is -2.48. The van der Waals surface area contributed by atoms with Crippen molar-refractivity contribution in [2.24, 2.45) is 0 Å². The fourth-order valence-corrected chi connectivity index (χ4v) is 19.6. The number of fused-ring (bicyclic) bond motifs is 9. The van der Waals surface area contributed by atoms with Gasteiger partial charge in [0, 0.05) is 43.8 Å². The van der Waals surface area contributed by atoms with Gasteiger partial charge in [0.1, 0.15) is 0 Å². The number of nitrogens with zero attached hydrogens (tertiary/aromatic N) is 3. The molecule has 1 aromatic heterocycles. The van der Waals surface area contributed by atoms with E-state index in [4.69, 9.17) is 0 Å². The summed E-state index contributed by atoms with van der Waals surface area (Å²) in [5, 5.41) is 0. The molecule has 3 nitrogen and oxygen atoms in total. The molecule has 9 aromatic rings. The predicted molar refractivity (Wildman–Crippen MR) is 395 cm³/mol. The summed E-state index contributed by atoms with van der Waals surface area (Å²) < 4.78 is 1.49. The molecular formula is C86H96BN3S. The standard InChI is InChI=1S/C86H96BN3S/c1-53-45-58(56-27-23-20-24-28-56)46-54(2)75(53)90-70-52-68-67(83(11,12)41-42-84(68,13)14)51-69(70)87-74-71(89(59-31-29-57(30-32-59)55-25-21-19-22-26-55)76-73-77(91-78(76)87)86(17,18)44-43-85(73,15)16)49-62(50-72(74)90)88(60-33-35-63-65(47-60)81(7,8)39-37-79(63,3)4)61-34-36-64-66(48-61)82(9,10)40-38-80(64,5)6/h19-36,45-52H,37-44H2,1-18H3. The van der Waals surface area contributed by atoms with E-state index in [2.05, 4.69) is 308 Å². The molecular weight excluding hydrogens is 1120 g/mol. The Labute approximate surface area is 550 Å². The number of hydrogen-bond acceptors (Lipinski definition) is 4. The van der Waals surface area contributed by atoms with Crippen LogP contribution in [-0.2, 0) is 43.3 Å². The van der Waals surface area contributed by atoms with Gasteiger partial charge in [-0.05, 0) is 259 Å². The predicted octanol–water partition coefficient (Wildman–Crippen LogP) is 22.6. The van der Waals surface area contributed by atoms with E-state index in [0.717, 1.165) is 38.5 Å². The lowest BCUT2D eigenvalue weighted by molar-refractivity contribution is 0.332. The lowest BCUT2D eigenvalue weighted by Crippen LogP contribution is -2.61. The summed E-state index contributed by atoms with van der Waals surface area (Å²) in [5.74, 6) is 0. The van der Waals surface area contributed by atoms with Crippen molar-refractivity contribution < 1.29 is 0 Å². The van der Waals surface area contributed by atoms with E-state index in [1.807, 2.05) is 0 Å². The number of hydrogen-bond donors (Lipinski definition) is 0. The molecule has 0 spiro atoms. The van der Waals surface area contributed by atoms with Crippen LogP contribution in [-0.4, -0.2) is 6.71 Å². The van der Waals surface area contributed by atoms with Crippen molar-refractivity contribution >= 4 is 84.9 Å². The molecule has 15 rings (SSSR count). The van der Waals surface area contributed by atoms with E-state index in [0.29, 0.717) is 0 Å². The first-order valence-electron chi connectivity index (χ1n) is 34.4. The van der Waals surface area contributed by atoms with Crippen LogP contribution in [0.15, 0.2) is 158 Å². The normalized spacial score (nSPS) is 20.0. The van der Waals surface area contributed by atoms with Gasteiger partial charge in [0.25, 0.3) is 6.71 Å². The molecule has 2 aliphatic heterocycles. The summed E-state index contributed by atoms with van der Waals surface area (Å²) in [6, 6.07) is 62.7. The first-order chi connectivity index (χ1) is 42.9. The molecule has 6 aliphatic rings. The number of rotatable bonds is 7. The number of aryl methyl sites for hydroxylation is 2. The summed E-state index contributed by atoms with van der Waals surface area (Å²) in [7, 11) is 0. The largest absolute Gasteiger partial charge is 0.311 e. The number of thiophene rings is 1. The van der Waals surface area contributed by atoms with Crippen LogP contribution < -0.4 is 30.4 Å². The first-order valence-corrected chi connectivity index (χ1v) is 35.3. The minimum atomic E-state index is -0.0747. The van der Waals surface area contributed by atoms with Crippen molar-refractivity contribution in [3.05, 3.63) is 213 Å². The molecule has 91 heavy (non-hydrogen) atoms. The topological polar surface area (TPSA) is 9.72 Å². The molecule has 0 saturated heterocycles. The van der Waals surface area contributed by atoms with E-state index in [1.165, 1.54) is 152 Å². The van der Waals surface area contributed by atoms with Gasteiger partial charge >= 0.3 is 0 Å². The molecule has 0 atom stereocenters. The maximum absolute atomic E-state index is 2.80. The van der Waals surface area contributed by atoms with Crippen molar-refractivity contribution in [3.8, 4) is 22.3 Å². The Bertz CT molecular complexity index is 4350. The Hall–Kier alpha value is -7.08. The molecule has 0 fully saturated rings. The number of anilines is 9. The Kier molecular flexibility index (Phi) is 13.4. The maximum atomic E-state index is 2.80. The van der Waals surface area contributed by atoms with Gasteiger partial charge in [-0.3, -0.25) is 0 Å². The van der Waals surface area contributed by atoms with Crippen LogP contribution in [0.1, 0.15) is 217 Å². The summed E-state index contributed by atoms with van der Waals surface area (Å²) in [6.07, 6.45) is 9.23. The molecule has 4 aliphatic carbocycles. The van der Waals surface area contributed by atoms with Gasteiger partial charge in [-0.15, -0.1) is 0 Å². The molecule has 8 aromatic carbocycles. The summed E-state index contributed by atoms with van der Waals surface area (Å²) in [5.41, 5.74) is 32.2. The zero-order chi connectivity index (χ0) is 64.1. The molecule has 0 unspecified atom stereocenters. The average molecular weight is 1210 g/mol. The fourth-order valence-electron chi connectivity index (χ4n) is 17.9. The quantitative estimate of drug-likeness (QED) is 0.147. The first kappa shape index (κ1) is 60.2. The molecule has 0 radical (unpaired) electrons. The molecule has 3 heterocycles. The Balaban J connectivity index is 1.11. The van der Waals surface area contributed by atoms with Crippen LogP contribution in [0.5, 0.6) is 0 Å². The summed E-state index contributed by atoms with van der Waals surface area (Å²) in [6.45, 7) is 44.9. The van der Waals surface area contributed by atoms with E-state index in [-0.39, 0.29) is 50.0 Å². The second kappa shape index (κ2) is 20.2. The van der Waals surface area contributed by atoms with Gasteiger partial charge in [0.2, 0.25) is 0 Å². The van der Waals surface area contributed by atoms with Crippen molar-refractivity contribution in [1.29, 1.82) is 0 Å². The Morgan fingerprint density at radius 3 is 1.27 bits per heavy atom. The lowest BCUT2D eigenvalue weighted by atomic mass is 9.35.